The number of carboxylic acids is 1. The second kappa shape index (κ2) is 6.11. The first kappa shape index (κ1) is 15.3. The van der Waals surface area contributed by atoms with Gasteiger partial charge in [0.05, 0.1) is 5.75 Å². The van der Waals surface area contributed by atoms with Gasteiger partial charge in [0.25, 0.3) is 0 Å². The summed E-state index contributed by atoms with van der Waals surface area (Å²) in [6.07, 6.45) is 5.09. The van der Waals surface area contributed by atoms with Crippen molar-refractivity contribution in [1.29, 1.82) is 0 Å². The highest BCUT2D eigenvalue weighted by Gasteiger charge is 2.40. The first-order valence-electron chi connectivity index (χ1n) is 7.15. The van der Waals surface area contributed by atoms with Crippen LogP contribution in [0.4, 0.5) is 0 Å². The van der Waals surface area contributed by atoms with Crippen LogP contribution in [0.15, 0.2) is 0 Å². The monoisotopic (exact) mass is 303 g/mol. The number of aliphatic carboxylic acids is 1. The Morgan fingerprint density at radius 2 is 1.65 bits per heavy atom. The van der Waals surface area contributed by atoms with Gasteiger partial charge in [0.15, 0.2) is 9.84 Å². The zero-order valence-corrected chi connectivity index (χ0v) is 12.3. The molecule has 1 unspecified atom stereocenters. The molecule has 7 heteroatoms. The van der Waals surface area contributed by atoms with Crippen LogP contribution in [0.1, 0.15) is 44.9 Å². The Morgan fingerprint density at radius 1 is 1.05 bits per heavy atom. The molecule has 1 amide bonds. The SMILES string of the molecule is O=C(O)CN(C(=O)C1CCCCS1(=O)=O)C1CCCC1. The quantitative estimate of drug-likeness (QED) is 0.829. The largest absolute Gasteiger partial charge is 0.480 e. The van der Waals surface area contributed by atoms with E-state index in [2.05, 4.69) is 0 Å². The molecule has 1 aliphatic heterocycles. The van der Waals surface area contributed by atoms with Gasteiger partial charge in [0, 0.05) is 6.04 Å². The van der Waals surface area contributed by atoms with Gasteiger partial charge in [-0.3, -0.25) is 9.59 Å². The molecule has 0 radical (unpaired) electrons. The summed E-state index contributed by atoms with van der Waals surface area (Å²) in [5.41, 5.74) is 0. The van der Waals surface area contributed by atoms with Crippen molar-refractivity contribution >= 4 is 21.7 Å². The van der Waals surface area contributed by atoms with Crippen molar-refractivity contribution in [3.8, 4) is 0 Å². The van der Waals surface area contributed by atoms with Crippen LogP contribution in [0.25, 0.3) is 0 Å². The Kier molecular flexibility index (Phi) is 4.67. The van der Waals surface area contributed by atoms with E-state index in [0.29, 0.717) is 19.3 Å². The third-order valence-electron chi connectivity index (χ3n) is 4.21. The predicted molar refractivity (Wildman–Crippen MR) is 73.0 cm³/mol. The Bertz CT molecular complexity index is 481. The van der Waals surface area contributed by atoms with E-state index >= 15 is 0 Å². The lowest BCUT2D eigenvalue weighted by Gasteiger charge is -2.32. The molecule has 0 aromatic heterocycles. The predicted octanol–water partition coefficient (Wildman–Crippen LogP) is 0.809. The highest BCUT2D eigenvalue weighted by molar-refractivity contribution is 7.92. The normalized spacial score (nSPS) is 26.3. The molecule has 0 bridgehead atoms. The van der Waals surface area contributed by atoms with Gasteiger partial charge in [-0.25, -0.2) is 8.42 Å². The summed E-state index contributed by atoms with van der Waals surface area (Å²) in [7, 11) is -3.42. The third kappa shape index (κ3) is 3.31. The van der Waals surface area contributed by atoms with Crippen molar-refractivity contribution in [2.75, 3.05) is 12.3 Å². The van der Waals surface area contributed by atoms with Crippen LogP contribution in [0.5, 0.6) is 0 Å². The summed E-state index contributed by atoms with van der Waals surface area (Å²) >= 11 is 0. The van der Waals surface area contributed by atoms with Crippen LogP contribution >= 0.6 is 0 Å². The fraction of sp³-hybridized carbons (Fsp3) is 0.846. The van der Waals surface area contributed by atoms with Gasteiger partial charge < -0.3 is 10.0 Å². The van der Waals surface area contributed by atoms with E-state index < -0.39 is 33.5 Å². The fourth-order valence-corrected chi connectivity index (χ4v) is 5.02. The van der Waals surface area contributed by atoms with Crippen LogP contribution in [-0.2, 0) is 19.4 Å². The van der Waals surface area contributed by atoms with Gasteiger partial charge in [0.2, 0.25) is 5.91 Å². The summed E-state index contributed by atoms with van der Waals surface area (Å²) in [6.45, 7) is -0.393. The lowest BCUT2D eigenvalue weighted by atomic mass is 10.1. The van der Waals surface area contributed by atoms with E-state index in [4.69, 9.17) is 5.11 Å². The maximum atomic E-state index is 12.5. The Balaban J connectivity index is 2.18. The van der Waals surface area contributed by atoms with Gasteiger partial charge >= 0.3 is 5.97 Å². The molecule has 1 saturated heterocycles. The maximum Gasteiger partial charge on any atom is 0.323 e. The molecular formula is C13H21NO5S. The molecule has 114 valence electrons. The average Bonchev–Trinajstić information content (AvgIpc) is 2.88. The minimum atomic E-state index is -3.42. The maximum absolute atomic E-state index is 12.5. The second-order valence-corrected chi connectivity index (χ2v) is 7.95. The van der Waals surface area contributed by atoms with Gasteiger partial charge in [0.1, 0.15) is 11.8 Å². The van der Waals surface area contributed by atoms with Crippen molar-refractivity contribution < 1.29 is 23.1 Å². The number of rotatable bonds is 4. The average molecular weight is 303 g/mol. The highest BCUT2D eigenvalue weighted by atomic mass is 32.2. The number of sulfone groups is 1. The Morgan fingerprint density at radius 3 is 2.20 bits per heavy atom. The van der Waals surface area contributed by atoms with E-state index in [1.807, 2.05) is 0 Å². The van der Waals surface area contributed by atoms with Crippen LogP contribution in [-0.4, -0.2) is 53.9 Å². The van der Waals surface area contributed by atoms with E-state index in [-0.39, 0.29) is 11.8 Å². The van der Waals surface area contributed by atoms with Gasteiger partial charge in [-0.05, 0) is 25.7 Å². The molecule has 20 heavy (non-hydrogen) atoms. The topological polar surface area (TPSA) is 91.8 Å². The molecule has 2 rings (SSSR count). The highest BCUT2D eigenvalue weighted by Crippen LogP contribution is 2.27. The van der Waals surface area contributed by atoms with Crippen molar-refractivity contribution in [1.82, 2.24) is 4.90 Å². The minimum Gasteiger partial charge on any atom is -0.480 e. The van der Waals surface area contributed by atoms with Crippen molar-refractivity contribution in [2.45, 2.75) is 56.2 Å². The van der Waals surface area contributed by atoms with Gasteiger partial charge in [-0.1, -0.05) is 19.3 Å². The molecule has 0 aromatic rings. The molecule has 1 saturated carbocycles. The third-order valence-corrected chi connectivity index (χ3v) is 6.37. The number of amides is 1. The van der Waals surface area contributed by atoms with Crippen molar-refractivity contribution in [3.63, 3.8) is 0 Å². The first-order valence-corrected chi connectivity index (χ1v) is 8.87. The summed E-state index contributed by atoms with van der Waals surface area (Å²) in [5, 5.41) is 7.95. The second-order valence-electron chi connectivity index (χ2n) is 5.65. The lowest BCUT2D eigenvalue weighted by Crippen LogP contribution is -2.50. The van der Waals surface area contributed by atoms with Crippen LogP contribution in [0.3, 0.4) is 0 Å². The van der Waals surface area contributed by atoms with Crippen LogP contribution in [0.2, 0.25) is 0 Å². The molecule has 1 N–H and O–H groups in total. The van der Waals surface area contributed by atoms with Crippen molar-refractivity contribution in [3.05, 3.63) is 0 Å². The molecular weight excluding hydrogens is 282 g/mol. The first-order chi connectivity index (χ1) is 9.42. The Hall–Kier alpha value is -1.11. The zero-order valence-electron chi connectivity index (χ0n) is 11.5. The van der Waals surface area contributed by atoms with E-state index in [1.165, 1.54) is 4.90 Å². The molecule has 0 spiro atoms. The van der Waals surface area contributed by atoms with E-state index in [9.17, 15) is 18.0 Å². The standard InChI is InChI=1S/C13H21NO5S/c15-12(16)9-14(10-5-1-2-6-10)13(17)11-7-3-4-8-20(11,18)19/h10-11H,1-9H2,(H,15,16). The molecule has 1 heterocycles. The molecule has 0 aromatic carbocycles. The summed E-state index contributed by atoms with van der Waals surface area (Å²) < 4.78 is 24.1. The van der Waals surface area contributed by atoms with Crippen LogP contribution < -0.4 is 0 Å². The fourth-order valence-electron chi connectivity index (χ4n) is 3.17. The van der Waals surface area contributed by atoms with Crippen molar-refractivity contribution in [2.24, 2.45) is 0 Å². The summed E-state index contributed by atoms with van der Waals surface area (Å²) in [5.74, 6) is -1.55. The summed E-state index contributed by atoms with van der Waals surface area (Å²) in [4.78, 5) is 24.8. The zero-order chi connectivity index (χ0) is 14.8. The van der Waals surface area contributed by atoms with E-state index in [0.717, 1.165) is 25.7 Å². The number of carbonyl (C=O) groups is 2. The molecule has 2 aliphatic rings. The van der Waals surface area contributed by atoms with Gasteiger partial charge in [-0.15, -0.1) is 0 Å². The number of hydrogen-bond donors (Lipinski definition) is 1. The lowest BCUT2D eigenvalue weighted by molar-refractivity contribution is -0.146. The Labute approximate surface area is 119 Å². The number of nitrogens with zero attached hydrogens (tertiary/aromatic N) is 1. The summed E-state index contributed by atoms with van der Waals surface area (Å²) in [6, 6.07) is -0.115. The molecule has 6 nitrogen and oxygen atoms in total. The number of carbonyl (C=O) groups excluding carboxylic acids is 1. The molecule has 1 aliphatic carbocycles. The minimum absolute atomic E-state index is 0.0367. The smallest absolute Gasteiger partial charge is 0.323 e. The molecule has 2 fully saturated rings. The molecule has 1 atom stereocenters. The van der Waals surface area contributed by atoms with Gasteiger partial charge in [-0.2, -0.15) is 0 Å². The number of hydrogen-bond acceptors (Lipinski definition) is 4. The van der Waals surface area contributed by atoms with E-state index in [1.54, 1.807) is 0 Å². The number of carboxylic acid groups (broad SMARTS) is 1. The van der Waals surface area contributed by atoms with Crippen LogP contribution in [0, 0.1) is 0 Å².